The van der Waals surface area contributed by atoms with Gasteiger partial charge in [-0.15, -0.1) is 0 Å². The van der Waals surface area contributed by atoms with Gasteiger partial charge in [-0.05, 0) is 56.0 Å². The first-order valence-corrected chi connectivity index (χ1v) is 12.1. The quantitative estimate of drug-likeness (QED) is 0.779. The van der Waals surface area contributed by atoms with Crippen LogP contribution in [0.1, 0.15) is 43.4 Å². The van der Waals surface area contributed by atoms with Crippen molar-refractivity contribution in [1.82, 2.24) is 5.32 Å². The molecular formula is C23H30N2O3S. The Hall–Kier alpha value is -2.34. The molecule has 1 N–H and O–H groups in total. The maximum absolute atomic E-state index is 12.8. The van der Waals surface area contributed by atoms with Crippen LogP contribution in [0.5, 0.6) is 0 Å². The number of nitrogens with zero attached hydrogens (tertiary/aromatic N) is 1. The monoisotopic (exact) mass is 414 g/mol. The standard InChI is InChI=1S/C23H30N2O3S/c1-4-22(18-7-11-21(12-8-18)29(3,27)28)24-23(26)19-13-15-25(16-14-19)20-9-5-17(2)6-10-20/h5-12,19,22H,4,13-16H2,1-3H3,(H,24,26). The highest BCUT2D eigenvalue weighted by atomic mass is 32.2. The minimum Gasteiger partial charge on any atom is -0.371 e. The fraction of sp³-hybridized carbons (Fsp3) is 0.435. The second-order valence-electron chi connectivity index (χ2n) is 7.91. The fourth-order valence-corrected chi connectivity index (χ4v) is 4.44. The number of amides is 1. The summed E-state index contributed by atoms with van der Waals surface area (Å²) in [6.07, 6.45) is 3.63. The highest BCUT2D eigenvalue weighted by molar-refractivity contribution is 7.90. The summed E-state index contributed by atoms with van der Waals surface area (Å²) >= 11 is 0. The van der Waals surface area contributed by atoms with Crippen molar-refractivity contribution in [2.24, 2.45) is 5.92 Å². The van der Waals surface area contributed by atoms with Gasteiger partial charge in [0.05, 0.1) is 10.9 Å². The maximum atomic E-state index is 12.8. The molecule has 1 unspecified atom stereocenters. The molecule has 1 amide bonds. The van der Waals surface area contributed by atoms with Gasteiger partial charge in [-0.1, -0.05) is 36.8 Å². The third-order valence-corrected chi connectivity index (χ3v) is 6.83. The van der Waals surface area contributed by atoms with E-state index in [0.29, 0.717) is 4.90 Å². The molecule has 1 fully saturated rings. The molecule has 0 spiro atoms. The van der Waals surface area contributed by atoms with Crippen LogP contribution >= 0.6 is 0 Å². The molecule has 0 bridgehead atoms. The summed E-state index contributed by atoms with van der Waals surface area (Å²) in [6.45, 7) is 5.86. The molecule has 156 valence electrons. The Morgan fingerprint density at radius 1 is 1.07 bits per heavy atom. The van der Waals surface area contributed by atoms with E-state index in [1.165, 1.54) is 17.5 Å². The average Bonchev–Trinajstić information content (AvgIpc) is 2.72. The smallest absolute Gasteiger partial charge is 0.223 e. The molecule has 1 aliphatic rings. The zero-order valence-corrected chi connectivity index (χ0v) is 18.2. The van der Waals surface area contributed by atoms with E-state index in [0.717, 1.165) is 37.9 Å². The molecule has 6 heteroatoms. The molecular weight excluding hydrogens is 384 g/mol. The van der Waals surface area contributed by atoms with Crippen LogP contribution in [0.3, 0.4) is 0 Å². The van der Waals surface area contributed by atoms with E-state index in [4.69, 9.17) is 0 Å². The van der Waals surface area contributed by atoms with Crippen molar-refractivity contribution in [2.75, 3.05) is 24.2 Å². The number of hydrogen-bond acceptors (Lipinski definition) is 4. The molecule has 5 nitrogen and oxygen atoms in total. The molecule has 2 aromatic rings. The minimum absolute atomic E-state index is 0.0149. The Morgan fingerprint density at radius 2 is 1.66 bits per heavy atom. The van der Waals surface area contributed by atoms with Gasteiger partial charge in [-0.3, -0.25) is 4.79 Å². The van der Waals surface area contributed by atoms with E-state index in [1.807, 2.05) is 6.92 Å². The third kappa shape index (κ3) is 5.38. The summed E-state index contributed by atoms with van der Waals surface area (Å²) in [4.78, 5) is 15.5. The molecule has 29 heavy (non-hydrogen) atoms. The van der Waals surface area contributed by atoms with Crippen molar-refractivity contribution < 1.29 is 13.2 Å². The molecule has 0 radical (unpaired) electrons. The lowest BCUT2D eigenvalue weighted by atomic mass is 9.94. The molecule has 2 aromatic carbocycles. The highest BCUT2D eigenvalue weighted by Gasteiger charge is 2.26. The molecule has 0 aliphatic carbocycles. The third-order valence-electron chi connectivity index (χ3n) is 5.70. The van der Waals surface area contributed by atoms with Gasteiger partial charge in [0.1, 0.15) is 0 Å². The first kappa shape index (κ1) is 21.4. The Kier molecular flexibility index (Phi) is 6.63. The topological polar surface area (TPSA) is 66.5 Å². The van der Waals surface area contributed by atoms with Crippen LogP contribution in [0.25, 0.3) is 0 Å². The number of hydrogen-bond donors (Lipinski definition) is 1. The minimum atomic E-state index is -3.21. The van der Waals surface area contributed by atoms with Crippen LogP contribution in [0.4, 0.5) is 5.69 Å². The van der Waals surface area contributed by atoms with E-state index in [1.54, 1.807) is 24.3 Å². The summed E-state index contributed by atoms with van der Waals surface area (Å²) in [6, 6.07) is 15.2. The van der Waals surface area contributed by atoms with Crippen LogP contribution in [0.15, 0.2) is 53.4 Å². The largest absolute Gasteiger partial charge is 0.371 e. The maximum Gasteiger partial charge on any atom is 0.223 e. The summed E-state index contributed by atoms with van der Waals surface area (Å²) in [5.41, 5.74) is 3.40. The van der Waals surface area contributed by atoms with Gasteiger partial charge in [-0.25, -0.2) is 8.42 Å². The number of carbonyl (C=O) groups excluding carboxylic acids is 1. The number of carbonyl (C=O) groups is 1. The van der Waals surface area contributed by atoms with Gasteiger partial charge < -0.3 is 10.2 Å². The number of piperidine rings is 1. The average molecular weight is 415 g/mol. The van der Waals surface area contributed by atoms with E-state index in [2.05, 4.69) is 41.4 Å². The van der Waals surface area contributed by atoms with Crippen molar-refractivity contribution in [3.8, 4) is 0 Å². The molecule has 0 aromatic heterocycles. The molecule has 1 atom stereocenters. The SMILES string of the molecule is CCC(NC(=O)C1CCN(c2ccc(C)cc2)CC1)c1ccc(S(C)(=O)=O)cc1. The van der Waals surface area contributed by atoms with Crippen molar-refractivity contribution in [3.05, 3.63) is 59.7 Å². The van der Waals surface area contributed by atoms with Crippen LogP contribution < -0.4 is 10.2 Å². The summed E-state index contributed by atoms with van der Waals surface area (Å²) in [7, 11) is -3.21. The Balaban J connectivity index is 1.58. The van der Waals surface area contributed by atoms with E-state index in [9.17, 15) is 13.2 Å². The second-order valence-corrected chi connectivity index (χ2v) is 9.92. The Bertz CT molecular complexity index is 929. The van der Waals surface area contributed by atoms with E-state index in [-0.39, 0.29) is 17.9 Å². The Morgan fingerprint density at radius 3 is 2.17 bits per heavy atom. The predicted octanol–water partition coefficient (Wildman–Crippen LogP) is 3.88. The Labute approximate surface area is 174 Å². The summed E-state index contributed by atoms with van der Waals surface area (Å²) in [5.74, 6) is 0.105. The van der Waals surface area contributed by atoms with Crippen LogP contribution in [0, 0.1) is 12.8 Å². The molecule has 1 heterocycles. The molecule has 1 aliphatic heterocycles. The van der Waals surface area contributed by atoms with E-state index >= 15 is 0 Å². The van der Waals surface area contributed by atoms with Crippen molar-refractivity contribution in [2.45, 2.75) is 44.0 Å². The zero-order valence-electron chi connectivity index (χ0n) is 17.4. The van der Waals surface area contributed by atoms with Gasteiger partial charge in [-0.2, -0.15) is 0 Å². The molecule has 3 rings (SSSR count). The van der Waals surface area contributed by atoms with Gasteiger partial charge >= 0.3 is 0 Å². The molecule has 0 saturated carbocycles. The van der Waals surface area contributed by atoms with Gasteiger partial charge in [0, 0.05) is 31.0 Å². The van der Waals surface area contributed by atoms with Crippen LogP contribution in [-0.2, 0) is 14.6 Å². The van der Waals surface area contributed by atoms with Crippen LogP contribution in [0.2, 0.25) is 0 Å². The summed E-state index contributed by atoms with van der Waals surface area (Å²) < 4.78 is 23.3. The number of aryl methyl sites for hydroxylation is 1. The fourth-order valence-electron chi connectivity index (χ4n) is 3.81. The lowest BCUT2D eigenvalue weighted by molar-refractivity contribution is -0.126. The first-order chi connectivity index (χ1) is 13.8. The first-order valence-electron chi connectivity index (χ1n) is 10.2. The summed E-state index contributed by atoms with van der Waals surface area (Å²) in [5, 5.41) is 3.17. The van der Waals surface area contributed by atoms with E-state index < -0.39 is 9.84 Å². The normalized spacial score (nSPS) is 16.4. The number of rotatable bonds is 6. The number of anilines is 1. The number of benzene rings is 2. The van der Waals surface area contributed by atoms with Crippen molar-refractivity contribution in [1.29, 1.82) is 0 Å². The van der Waals surface area contributed by atoms with Crippen molar-refractivity contribution in [3.63, 3.8) is 0 Å². The van der Waals surface area contributed by atoms with Gasteiger partial charge in [0.15, 0.2) is 9.84 Å². The number of sulfone groups is 1. The van der Waals surface area contributed by atoms with Gasteiger partial charge in [0.2, 0.25) is 5.91 Å². The lowest BCUT2D eigenvalue weighted by Crippen LogP contribution is -2.41. The zero-order chi connectivity index (χ0) is 21.0. The van der Waals surface area contributed by atoms with Gasteiger partial charge in [0.25, 0.3) is 0 Å². The highest BCUT2D eigenvalue weighted by Crippen LogP contribution is 2.25. The number of nitrogens with one attached hydrogen (secondary N) is 1. The second kappa shape index (κ2) is 8.99. The van der Waals surface area contributed by atoms with Crippen LogP contribution in [-0.4, -0.2) is 33.7 Å². The molecule has 1 saturated heterocycles. The predicted molar refractivity (Wildman–Crippen MR) is 117 cm³/mol. The lowest BCUT2D eigenvalue weighted by Gasteiger charge is -2.33. The van der Waals surface area contributed by atoms with Crippen molar-refractivity contribution >= 4 is 21.4 Å².